The summed E-state index contributed by atoms with van der Waals surface area (Å²) in [5.74, 6) is -0.816. The van der Waals surface area contributed by atoms with Gasteiger partial charge >= 0.3 is 11.6 Å². The van der Waals surface area contributed by atoms with Crippen LogP contribution in [0.25, 0.3) is 10.9 Å². The molecule has 2 aromatic rings. The zero-order chi connectivity index (χ0) is 16.4. The Bertz CT molecular complexity index is 765. The number of benzene rings is 1. The quantitative estimate of drug-likeness (QED) is 0.882. The van der Waals surface area contributed by atoms with Gasteiger partial charge in [0.15, 0.2) is 0 Å². The van der Waals surface area contributed by atoms with Gasteiger partial charge in [0.1, 0.15) is 6.04 Å². The van der Waals surface area contributed by atoms with Crippen LogP contribution in [0.3, 0.4) is 0 Å². The van der Waals surface area contributed by atoms with Gasteiger partial charge in [0.25, 0.3) is 6.01 Å². The monoisotopic (exact) mass is 304 g/mol. The fourth-order valence-electron chi connectivity index (χ4n) is 2.47. The molecule has 6 heteroatoms. The first-order chi connectivity index (χ1) is 10.3. The van der Waals surface area contributed by atoms with Crippen molar-refractivity contribution in [1.82, 2.24) is 4.98 Å². The number of carbonyl (C=O) groups is 1. The lowest BCUT2D eigenvalue weighted by Gasteiger charge is -2.16. The zero-order valence-electron chi connectivity index (χ0n) is 13.1. The third kappa shape index (κ3) is 3.44. The highest BCUT2D eigenvalue weighted by molar-refractivity contribution is 5.82. The lowest BCUT2D eigenvalue weighted by atomic mass is 10.0. The minimum atomic E-state index is -1.00. The fourth-order valence-corrected chi connectivity index (χ4v) is 2.47. The van der Waals surface area contributed by atoms with Crippen LogP contribution in [0.5, 0.6) is 0 Å². The van der Waals surface area contributed by atoms with Crippen LogP contribution < -0.4 is 10.9 Å². The maximum atomic E-state index is 12.1. The molecule has 1 atom stereocenters. The van der Waals surface area contributed by atoms with Crippen LogP contribution in [-0.4, -0.2) is 22.1 Å². The molecule has 0 aliphatic heterocycles. The van der Waals surface area contributed by atoms with E-state index in [9.17, 15) is 14.7 Å². The molecule has 22 heavy (non-hydrogen) atoms. The molecule has 2 N–H and O–H groups in total. The second kappa shape index (κ2) is 6.17. The predicted molar refractivity (Wildman–Crippen MR) is 84.3 cm³/mol. The molecule has 0 radical (unpaired) electrons. The number of nitrogens with one attached hydrogen (secondary N) is 1. The van der Waals surface area contributed by atoms with Crippen LogP contribution in [0.2, 0.25) is 0 Å². The van der Waals surface area contributed by atoms with Gasteiger partial charge in [0.05, 0.1) is 10.9 Å². The average Bonchev–Trinajstić information content (AvgIpc) is 2.35. The van der Waals surface area contributed by atoms with E-state index in [1.807, 2.05) is 33.8 Å². The van der Waals surface area contributed by atoms with Crippen LogP contribution >= 0.6 is 0 Å². The van der Waals surface area contributed by atoms with E-state index in [2.05, 4.69) is 10.3 Å². The third-order valence-electron chi connectivity index (χ3n) is 3.38. The molecule has 0 aliphatic rings. The molecule has 6 nitrogen and oxygen atoms in total. The van der Waals surface area contributed by atoms with E-state index in [0.29, 0.717) is 17.3 Å². The van der Waals surface area contributed by atoms with E-state index in [0.717, 1.165) is 11.1 Å². The van der Waals surface area contributed by atoms with Crippen molar-refractivity contribution < 1.29 is 14.3 Å². The molecule has 0 fully saturated rings. The highest BCUT2D eigenvalue weighted by atomic mass is 16.4. The van der Waals surface area contributed by atoms with E-state index in [1.165, 1.54) is 0 Å². The fraction of sp³-hybridized carbons (Fsp3) is 0.438. The van der Waals surface area contributed by atoms with Gasteiger partial charge in [-0.25, -0.2) is 9.59 Å². The number of carboxylic acids is 1. The molecule has 1 aromatic heterocycles. The van der Waals surface area contributed by atoms with Crippen molar-refractivity contribution in [2.45, 2.75) is 40.2 Å². The minimum absolute atomic E-state index is 0.0597. The molecule has 0 aliphatic carbocycles. The Balaban J connectivity index is 2.44. The van der Waals surface area contributed by atoms with Gasteiger partial charge < -0.3 is 14.8 Å². The number of aromatic nitrogens is 1. The van der Waals surface area contributed by atoms with Crippen molar-refractivity contribution in [3.8, 4) is 0 Å². The second-order valence-electron chi connectivity index (χ2n) is 5.95. The van der Waals surface area contributed by atoms with Crippen LogP contribution in [-0.2, 0) is 4.79 Å². The molecule has 1 heterocycles. The molecule has 1 aromatic carbocycles. The van der Waals surface area contributed by atoms with Gasteiger partial charge in [-0.1, -0.05) is 19.9 Å². The van der Waals surface area contributed by atoms with Crippen molar-refractivity contribution in [1.29, 1.82) is 0 Å². The number of hydrogen-bond acceptors (Lipinski definition) is 5. The lowest BCUT2D eigenvalue weighted by molar-refractivity contribution is -0.138. The standard InChI is InChI=1S/C16H20N2O4/c1-8(2)5-12(14(19)20)18-16-17-11-7-9(3)6-10(4)13(11)15(21)22-16/h6-8,12H,5H2,1-4H3,(H,17,18)(H,19,20)/t12-/m0/s1. The van der Waals surface area contributed by atoms with E-state index >= 15 is 0 Å². The Morgan fingerprint density at radius 2 is 2.05 bits per heavy atom. The van der Waals surface area contributed by atoms with Crippen LogP contribution in [0.1, 0.15) is 31.4 Å². The van der Waals surface area contributed by atoms with Crippen LogP contribution in [0.15, 0.2) is 21.3 Å². The van der Waals surface area contributed by atoms with Gasteiger partial charge in [-0.2, -0.15) is 4.98 Å². The molecule has 0 saturated heterocycles. The Morgan fingerprint density at radius 3 is 2.64 bits per heavy atom. The Hall–Kier alpha value is -2.37. The average molecular weight is 304 g/mol. The maximum absolute atomic E-state index is 12.1. The topological polar surface area (TPSA) is 92.4 Å². The molecule has 0 bridgehead atoms. The smallest absolute Gasteiger partial charge is 0.348 e. The van der Waals surface area contributed by atoms with Crippen molar-refractivity contribution in [2.24, 2.45) is 5.92 Å². The van der Waals surface area contributed by atoms with E-state index in [-0.39, 0.29) is 11.9 Å². The molecular formula is C16H20N2O4. The summed E-state index contributed by atoms with van der Waals surface area (Å²) in [7, 11) is 0. The van der Waals surface area contributed by atoms with Gasteiger partial charge in [-0.05, 0) is 43.4 Å². The summed E-state index contributed by atoms with van der Waals surface area (Å²) in [5.41, 5.74) is 1.76. The number of nitrogens with zero attached hydrogens (tertiary/aromatic N) is 1. The zero-order valence-corrected chi connectivity index (χ0v) is 13.1. The molecule has 0 saturated carbocycles. The summed E-state index contributed by atoms with van der Waals surface area (Å²) in [6.45, 7) is 7.58. The third-order valence-corrected chi connectivity index (χ3v) is 3.38. The number of aryl methyl sites for hydroxylation is 2. The number of carboxylic acid groups (broad SMARTS) is 1. The molecule has 0 unspecified atom stereocenters. The Labute approximate surface area is 128 Å². The molecule has 0 amide bonds. The van der Waals surface area contributed by atoms with Crippen LogP contribution in [0.4, 0.5) is 6.01 Å². The SMILES string of the molecule is Cc1cc(C)c2c(=O)oc(N[C@@H](CC(C)C)C(=O)O)nc2c1. The minimum Gasteiger partial charge on any atom is -0.480 e. The van der Waals surface area contributed by atoms with Gasteiger partial charge in [0.2, 0.25) is 0 Å². The molecule has 0 spiro atoms. The normalized spacial score (nSPS) is 12.6. The van der Waals surface area contributed by atoms with E-state index in [4.69, 9.17) is 4.42 Å². The molecular weight excluding hydrogens is 284 g/mol. The Kier molecular flexibility index (Phi) is 4.49. The Morgan fingerprint density at radius 1 is 1.36 bits per heavy atom. The number of anilines is 1. The molecule has 2 rings (SSSR count). The first-order valence-corrected chi connectivity index (χ1v) is 7.19. The highest BCUT2D eigenvalue weighted by Gasteiger charge is 2.21. The van der Waals surface area contributed by atoms with Crippen molar-refractivity contribution in [3.63, 3.8) is 0 Å². The first kappa shape index (κ1) is 16.0. The van der Waals surface area contributed by atoms with E-state index in [1.54, 1.807) is 6.07 Å². The van der Waals surface area contributed by atoms with Gasteiger partial charge in [-0.15, -0.1) is 0 Å². The largest absolute Gasteiger partial charge is 0.480 e. The van der Waals surface area contributed by atoms with Crippen molar-refractivity contribution in [2.75, 3.05) is 5.32 Å². The summed E-state index contributed by atoms with van der Waals surface area (Å²) in [5, 5.41) is 12.4. The van der Waals surface area contributed by atoms with Gasteiger partial charge in [0, 0.05) is 0 Å². The predicted octanol–water partition coefficient (Wildman–Crippen LogP) is 2.72. The number of fused-ring (bicyclic) bond motifs is 1. The number of rotatable bonds is 5. The summed E-state index contributed by atoms with van der Waals surface area (Å²) >= 11 is 0. The number of hydrogen-bond donors (Lipinski definition) is 2. The van der Waals surface area contributed by atoms with Crippen molar-refractivity contribution in [3.05, 3.63) is 33.7 Å². The first-order valence-electron chi connectivity index (χ1n) is 7.19. The number of aliphatic carboxylic acids is 1. The summed E-state index contributed by atoms with van der Waals surface area (Å²) in [4.78, 5) is 27.6. The van der Waals surface area contributed by atoms with Crippen LogP contribution in [0, 0.1) is 19.8 Å². The van der Waals surface area contributed by atoms with Crippen molar-refractivity contribution >= 4 is 22.9 Å². The lowest BCUT2D eigenvalue weighted by Crippen LogP contribution is -2.31. The maximum Gasteiger partial charge on any atom is 0.348 e. The summed E-state index contributed by atoms with van der Waals surface area (Å²) < 4.78 is 5.13. The van der Waals surface area contributed by atoms with Gasteiger partial charge in [-0.3, -0.25) is 0 Å². The summed E-state index contributed by atoms with van der Waals surface area (Å²) in [6, 6.07) is 2.75. The highest BCUT2D eigenvalue weighted by Crippen LogP contribution is 2.18. The molecule has 118 valence electrons. The second-order valence-corrected chi connectivity index (χ2v) is 5.95. The van der Waals surface area contributed by atoms with E-state index < -0.39 is 17.6 Å². The summed E-state index contributed by atoms with van der Waals surface area (Å²) in [6.07, 6.45) is 0.408.